The van der Waals surface area contributed by atoms with E-state index in [1.807, 2.05) is 53.2 Å². The quantitative estimate of drug-likeness (QED) is 0.417. The van der Waals surface area contributed by atoms with E-state index in [9.17, 15) is 10.1 Å². The molecule has 31 heavy (non-hydrogen) atoms. The van der Waals surface area contributed by atoms with E-state index >= 15 is 0 Å². The number of anilines is 2. The zero-order valence-electron chi connectivity index (χ0n) is 17.7. The van der Waals surface area contributed by atoms with Crippen LogP contribution in [0.4, 0.5) is 17.3 Å². The van der Waals surface area contributed by atoms with Crippen LogP contribution in [-0.2, 0) is 13.0 Å². The summed E-state index contributed by atoms with van der Waals surface area (Å²) in [6.07, 6.45) is 4.47. The summed E-state index contributed by atoms with van der Waals surface area (Å²) in [6, 6.07) is 20.4. The van der Waals surface area contributed by atoms with Gasteiger partial charge in [0.1, 0.15) is 6.33 Å². The molecule has 0 saturated carbocycles. The number of hydrogen-bond donors (Lipinski definition) is 0. The average Bonchev–Trinajstić information content (AvgIpc) is 2.80. The molecule has 0 radical (unpaired) electrons. The van der Waals surface area contributed by atoms with E-state index in [2.05, 4.69) is 34.2 Å². The predicted octanol–water partition coefficient (Wildman–Crippen LogP) is 4.48. The van der Waals surface area contributed by atoms with Gasteiger partial charge in [-0.05, 0) is 36.3 Å². The minimum Gasteiger partial charge on any atom is -0.351 e. The van der Waals surface area contributed by atoms with Crippen LogP contribution in [-0.4, -0.2) is 35.0 Å². The Bertz CT molecular complexity index is 1000. The molecular weight excluding hydrogens is 390 g/mol. The third kappa shape index (κ3) is 4.99. The highest BCUT2D eigenvalue weighted by Crippen LogP contribution is 2.36. The summed E-state index contributed by atoms with van der Waals surface area (Å²) in [5.74, 6) is 1.36. The van der Waals surface area contributed by atoms with Crippen LogP contribution in [0.25, 0.3) is 0 Å². The predicted molar refractivity (Wildman–Crippen MR) is 122 cm³/mol. The fourth-order valence-corrected chi connectivity index (χ4v) is 4.26. The van der Waals surface area contributed by atoms with Gasteiger partial charge in [-0.1, -0.05) is 60.7 Å². The Hall–Kier alpha value is -3.48. The second-order valence-corrected chi connectivity index (χ2v) is 8.09. The third-order valence-corrected chi connectivity index (χ3v) is 5.87. The van der Waals surface area contributed by atoms with E-state index < -0.39 is 0 Å². The average molecular weight is 418 g/mol. The fraction of sp³-hybridized carbons (Fsp3) is 0.333. The first kappa shape index (κ1) is 20.8. The molecular formula is C24H27N5O2. The summed E-state index contributed by atoms with van der Waals surface area (Å²) >= 11 is 0. The van der Waals surface area contributed by atoms with Crippen LogP contribution in [0.3, 0.4) is 0 Å². The second kappa shape index (κ2) is 9.55. The van der Waals surface area contributed by atoms with E-state index in [4.69, 9.17) is 0 Å². The fourth-order valence-electron chi connectivity index (χ4n) is 4.26. The smallest absolute Gasteiger partial charge is 0.351 e. The highest BCUT2D eigenvalue weighted by molar-refractivity contribution is 5.71. The lowest BCUT2D eigenvalue weighted by atomic mass is 9.90. The Balaban J connectivity index is 1.50. The summed E-state index contributed by atoms with van der Waals surface area (Å²) in [5, 5.41) is 12.0. The zero-order valence-corrected chi connectivity index (χ0v) is 17.7. The standard InChI is InChI=1S/C24H27N5O2/c1-27(17-21-10-6-3-7-11-21)23-22(29(30)31)24(26-18-25-23)28-14-12-20(13-15-28)16-19-8-4-2-5-9-19/h2-11,18,20H,12-17H2,1H3. The molecule has 2 heterocycles. The van der Waals surface area contributed by atoms with Gasteiger partial charge in [-0.25, -0.2) is 9.97 Å². The molecule has 0 aliphatic carbocycles. The van der Waals surface area contributed by atoms with Crippen LogP contribution in [0.1, 0.15) is 24.0 Å². The minimum atomic E-state index is -0.345. The number of aromatic nitrogens is 2. The van der Waals surface area contributed by atoms with E-state index in [-0.39, 0.29) is 10.6 Å². The largest absolute Gasteiger partial charge is 0.353 e. The first-order chi connectivity index (χ1) is 15.1. The van der Waals surface area contributed by atoms with Gasteiger partial charge in [0, 0.05) is 26.7 Å². The van der Waals surface area contributed by atoms with Gasteiger partial charge in [-0.3, -0.25) is 10.1 Å². The Morgan fingerprint density at radius 2 is 1.61 bits per heavy atom. The van der Waals surface area contributed by atoms with Crippen molar-refractivity contribution in [1.29, 1.82) is 0 Å². The minimum absolute atomic E-state index is 0.0116. The van der Waals surface area contributed by atoms with Crippen LogP contribution in [0.15, 0.2) is 67.0 Å². The Morgan fingerprint density at radius 3 is 2.23 bits per heavy atom. The van der Waals surface area contributed by atoms with Gasteiger partial charge in [0.25, 0.3) is 0 Å². The summed E-state index contributed by atoms with van der Waals surface area (Å²) in [6.45, 7) is 2.06. The molecule has 1 aromatic heterocycles. The Labute approximate surface area is 182 Å². The van der Waals surface area contributed by atoms with E-state index in [1.54, 1.807) is 0 Å². The van der Waals surface area contributed by atoms with Gasteiger partial charge in [-0.15, -0.1) is 0 Å². The molecule has 0 amide bonds. The lowest BCUT2D eigenvalue weighted by Gasteiger charge is -2.33. The summed E-state index contributed by atoms with van der Waals surface area (Å²) in [4.78, 5) is 24.1. The monoisotopic (exact) mass is 417 g/mol. The molecule has 0 unspecified atom stereocenters. The Morgan fingerprint density at radius 1 is 1.00 bits per heavy atom. The molecule has 0 N–H and O–H groups in total. The van der Waals surface area contributed by atoms with Crippen molar-refractivity contribution < 1.29 is 4.92 Å². The molecule has 4 rings (SSSR count). The first-order valence-electron chi connectivity index (χ1n) is 10.6. The second-order valence-electron chi connectivity index (χ2n) is 8.09. The molecule has 160 valence electrons. The first-order valence-corrected chi connectivity index (χ1v) is 10.6. The van der Waals surface area contributed by atoms with Crippen molar-refractivity contribution in [2.45, 2.75) is 25.8 Å². The number of nitrogens with zero attached hydrogens (tertiary/aromatic N) is 5. The molecule has 0 spiro atoms. The number of rotatable bonds is 7. The number of hydrogen-bond acceptors (Lipinski definition) is 6. The van der Waals surface area contributed by atoms with E-state index in [0.29, 0.717) is 24.1 Å². The van der Waals surface area contributed by atoms with Gasteiger partial charge in [0.15, 0.2) is 0 Å². The lowest BCUT2D eigenvalue weighted by molar-refractivity contribution is -0.383. The number of nitro groups is 1. The molecule has 7 nitrogen and oxygen atoms in total. The van der Waals surface area contributed by atoms with Gasteiger partial charge in [-0.2, -0.15) is 0 Å². The maximum Gasteiger partial charge on any atom is 0.353 e. The van der Waals surface area contributed by atoms with Crippen molar-refractivity contribution in [2.24, 2.45) is 5.92 Å². The molecule has 1 aliphatic rings. The number of benzene rings is 2. The molecule has 1 saturated heterocycles. The maximum atomic E-state index is 12.0. The van der Waals surface area contributed by atoms with Crippen molar-refractivity contribution >= 4 is 17.3 Å². The van der Waals surface area contributed by atoms with Gasteiger partial charge >= 0.3 is 5.69 Å². The highest BCUT2D eigenvalue weighted by Gasteiger charge is 2.31. The molecule has 0 bridgehead atoms. The molecule has 2 aromatic carbocycles. The van der Waals surface area contributed by atoms with Gasteiger partial charge < -0.3 is 9.80 Å². The number of piperidine rings is 1. The zero-order chi connectivity index (χ0) is 21.6. The van der Waals surface area contributed by atoms with Crippen LogP contribution in [0.2, 0.25) is 0 Å². The molecule has 1 fully saturated rings. The highest BCUT2D eigenvalue weighted by atomic mass is 16.6. The lowest BCUT2D eigenvalue weighted by Crippen LogP contribution is -2.35. The van der Waals surface area contributed by atoms with Crippen molar-refractivity contribution in [2.75, 3.05) is 29.9 Å². The Kier molecular flexibility index (Phi) is 6.40. The van der Waals surface area contributed by atoms with Crippen LogP contribution < -0.4 is 9.80 Å². The molecule has 7 heteroatoms. The van der Waals surface area contributed by atoms with Crippen molar-refractivity contribution in [3.05, 3.63) is 88.2 Å². The topological polar surface area (TPSA) is 75.4 Å². The van der Waals surface area contributed by atoms with Crippen molar-refractivity contribution in [3.63, 3.8) is 0 Å². The van der Waals surface area contributed by atoms with Crippen LogP contribution >= 0.6 is 0 Å². The summed E-state index contributed by atoms with van der Waals surface area (Å²) in [5.41, 5.74) is 2.41. The van der Waals surface area contributed by atoms with Crippen LogP contribution in [0, 0.1) is 16.0 Å². The third-order valence-electron chi connectivity index (χ3n) is 5.87. The van der Waals surface area contributed by atoms with Gasteiger partial charge in [0.2, 0.25) is 11.6 Å². The summed E-state index contributed by atoms with van der Waals surface area (Å²) < 4.78 is 0. The molecule has 1 aliphatic heterocycles. The van der Waals surface area contributed by atoms with Gasteiger partial charge in [0.05, 0.1) is 4.92 Å². The SMILES string of the molecule is CN(Cc1ccccc1)c1ncnc(N2CCC(Cc3ccccc3)CC2)c1[N+](=O)[O-]. The molecule has 0 atom stereocenters. The van der Waals surface area contributed by atoms with Crippen molar-refractivity contribution in [1.82, 2.24) is 9.97 Å². The van der Waals surface area contributed by atoms with E-state index in [0.717, 1.165) is 37.9 Å². The normalized spacial score (nSPS) is 14.4. The van der Waals surface area contributed by atoms with E-state index in [1.165, 1.54) is 11.9 Å². The van der Waals surface area contributed by atoms with Crippen LogP contribution in [0.5, 0.6) is 0 Å². The maximum absolute atomic E-state index is 12.0. The summed E-state index contributed by atoms with van der Waals surface area (Å²) in [7, 11) is 1.83. The molecule has 3 aromatic rings. The van der Waals surface area contributed by atoms with Crippen molar-refractivity contribution in [3.8, 4) is 0 Å².